The molecule has 2 fully saturated rings. The molecule has 0 aliphatic carbocycles. The summed E-state index contributed by atoms with van der Waals surface area (Å²) in [7, 11) is 2.02. The second-order valence-electron chi connectivity index (χ2n) is 8.06. The van der Waals surface area contributed by atoms with Crippen molar-refractivity contribution in [1.29, 1.82) is 0 Å². The molecule has 2 saturated heterocycles. The van der Waals surface area contributed by atoms with E-state index in [1.165, 1.54) is 9.30 Å². The summed E-state index contributed by atoms with van der Waals surface area (Å²) in [5.41, 5.74) is -0.117. The Hall–Kier alpha value is -3.67. The fourth-order valence-electron chi connectivity index (χ4n) is 4.12. The first kappa shape index (κ1) is 22.5. The number of hydrogen-bond acceptors (Lipinski definition) is 9. The number of aromatic carboxylic acids is 1. The smallest absolute Gasteiger partial charge is 0.414 e. The van der Waals surface area contributed by atoms with Crippen molar-refractivity contribution in [3.8, 4) is 5.75 Å². The molecule has 2 aliphatic rings. The number of esters is 1. The summed E-state index contributed by atoms with van der Waals surface area (Å²) in [4.78, 5) is 59.2. The molecule has 0 radical (unpaired) electrons. The van der Waals surface area contributed by atoms with Gasteiger partial charge in [0.05, 0.1) is 18.0 Å². The van der Waals surface area contributed by atoms with E-state index in [2.05, 4.69) is 14.8 Å². The van der Waals surface area contributed by atoms with E-state index in [-0.39, 0.29) is 17.9 Å². The van der Waals surface area contributed by atoms with Crippen LogP contribution >= 0.6 is 0 Å². The highest BCUT2D eigenvalue weighted by atomic mass is 16.6. The third kappa shape index (κ3) is 4.09. The van der Waals surface area contributed by atoms with Gasteiger partial charge in [0.1, 0.15) is 0 Å². The Morgan fingerprint density at radius 3 is 2.42 bits per heavy atom. The number of likely N-dealkylation sites (N-methyl/N-ethyl adjacent to an activating group) is 1. The van der Waals surface area contributed by atoms with Crippen molar-refractivity contribution in [1.82, 2.24) is 14.3 Å². The normalized spacial score (nSPS) is 17.2. The molecule has 176 valence electrons. The Morgan fingerprint density at radius 1 is 1.12 bits per heavy atom. The van der Waals surface area contributed by atoms with Gasteiger partial charge in [0.2, 0.25) is 5.75 Å². The highest BCUT2D eigenvalue weighted by molar-refractivity contribution is 5.96. The van der Waals surface area contributed by atoms with Crippen LogP contribution in [0.2, 0.25) is 0 Å². The second kappa shape index (κ2) is 8.70. The van der Waals surface area contributed by atoms with Crippen molar-refractivity contribution in [3.63, 3.8) is 0 Å². The molecular weight excluding hydrogens is 434 g/mol. The number of rotatable bonds is 4. The van der Waals surface area contributed by atoms with Gasteiger partial charge in [-0.25, -0.2) is 14.6 Å². The van der Waals surface area contributed by atoms with Crippen LogP contribution < -0.4 is 20.1 Å². The van der Waals surface area contributed by atoms with Crippen LogP contribution in [0.1, 0.15) is 29.5 Å². The number of aryl methyl sites for hydroxylation is 1. The predicted octanol–water partition coefficient (Wildman–Crippen LogP) is 0.725. The molecule has 0 aromatic carbocycles. The monoisotopic (exact) mass is 459 g/mol. The molecule has 2 aromatic heterocycles. The molecule has 2 aliphatic heterocycles. The number of piperazine rings is 1. The van der Waals surface area contributed by atoms with E-state index < -0.39 is 35.0 Å². The van der Waals surface area contributed by atoms with Gasteiger partial charge in [0.25, 0.3) is 0 Å². The minimum atomic E-state index is -1.53. The Bertz CT molecular complexity index is 1200. The highest BCUT2D eigenvalue weighted by Gasteiger charge is 2.30. The summed E-state index contributed by atoms with van der Waals surface area (Å²) < 4.78 is 11.3. The first-order valence-electron chi connectivity index (χ1n) is 10.6. The molecule has 1 N–H and O–H groups in total. The molecule has 4 rings (SSSR count). The van der Waals surface area contributed by atoms with Gasteiger partial charge in [-0.3, -0.25) is 18.9 Å². The maximum atomic E-state index is 13.4. The largest absolute Gasteiger partial charge is 0.476 e. The maximum absolute atomic E-state index is 13.4. The van der Waals surface area contributed by atoms with Crippen LogP contribution in [0, 0.1) is 6.92 Å². The lowest BCUT2D eigenvalue weighted by atomic mass is 10.2. The van der Waals surface area contributed by atoms with Crippen molar-refractivity contribution in [2.24, 2.45) is 0 Å². The number of pyridine rings is 1. The average molecular weight is 459 g/mol. The van der Waals surface area contributed by atoms with Gasteiger partial charge in [-0.1, -0.05) is 0 Å². The number of ether oxygens (including phenoxy) is 2. The van der Waals surface area contributed by atoms with E-state index in [4.69, 9.17) is 9.47 Å². The van der Waals surface area contributed by atoms with Crippen LogP contribution in [0.25, 0.3) is 5.65 Å². The summed E-state index contributed by atoms with van der Waals surface area (Å²) in [6.45, 7) is 6.38. The Morgan fingerprint density at radius 2 is 1.82 bits per heavy atom. The van der Waals surface area contributed by atoms with Crippen LogP contribution in [0.4, 0.5) is 16.2 Å². The van der Waals surface area contributed by atoms with E-state index in [9.17, 15) is 24.3 Å². The van der Waals surface area contributed by atoms with Gasteiger partial charge >= 0.3 is 23.6 Å². The zero-order chi connectivity index (χ0) is 23.9. The lowest BCUT2D eigenvalue weighted by Crippen LogP contribution is -2.45. The van der Waals surface area contributed by atoms with E-state index in [0.717, 1.165) is 20.0 Å². The fraction of sp³-hybridized carbons (Fsp3) is 0.476. The number of hydrogen-bond donors (Lipinski definition) is 1. The number of carboxylic acids is 1. The standard InChI is InChI=1S/C21H25N5O7/c1-12-14(24-8-6-23(3)7-9-24)11-15(25-5-4-10-32-21(25)31)18-22-16(20(29)30)17(33-13(2)27)19(28)26(12)18/h11H,4-10H2,1-3H3,(H,29,30). The van der Waals surface area contributed by atoms with Crippen LogP contribution in [-0.2, 0) is 9.53 Å². The molecule has 0 unspecified atom stereocenters. The number of carbonyl (C=O) groups excluding carboxylic acids is 2. The predicted molar refractivity (Wildman–Crippen MR) is 117 cm³/mol. The quantitative estimate of drug-likeness (QED) is 0.652. The molecule has 0 atom stereocenters. The third-order valence-electron chi connectivity index (χ3n) is 5.81. The molecule has 4 heterocycles. The zero-order valence-electron chi connectivity index (χ0n) is 18.7. The molecule has 0 spiro atoms. The molecule has 12 heteroatoms. The minimum Gasteiger partial charge on any atom is -0.476 e. The summed E-state index contributed by atoms with van der Waals surface area (Å²) in [5, 5.41) is 9.65. The minimum absolute atomic E-state index is 0.0254. The van der Waals surface area contributed by atoms with Gasteiger partial charge in [0, 0.05) is 45.3 Å². The Balaban J connectivity index is 2.03. The van der Waals surface area contributed by atoms with Crippen LogP contribution in [-0.4, -0.2) is 83.8 Å². The molecule has 0 bridgehead atoms. The second-order valence-corrected chi connectivity index (χ2v) is 8.06. The van der Waals surface area contributed by atoms with E-state index >= 15 is 0 Å². The molecule has 0 saturated carbocycles. The van der Waals surface area contributed by atoms with Gasteiger partial charge < -0.3 is 24.4 Å². The molecule has 12 nitrogen and oxygen atoms in total. The van der Waals surface area contributed by atoms with Gasteiger partial charge in [-0.15, -0.1) is 0 Å². The summed E-state index contributed by atoms with van der Waals surface area (Å²) in [6, 6.07) is 1.74. The van der Waals surface area contributed by atoms with Gasteiger partial charge in [-0.2, -0.15) is 0 Å². The van der Waals surface area contributed by atoms with E-state index in [0.29, 0.717) is 37.4 Å². The lowest BCUT2D eigenvalue weighted by Gasteiger charge is -2.36. The number of carboxylic acid groups (broad SMARTS) is 1. The molecular formula is C21H25N5O7. The fourth-order valence-corrected chi connectivity index (χ4v) is 4.12. The molecule has 2 aromatic rings. The van der Waals surface area contributed by atoms with E-state index in [1.54, 1.807) is 13.0 Å². The number of cyclic esters (lactones) is 1. The van der Waals surface area contributed by atoms with Crippen molar-refractivity contribution in [2.45, 2.75) is 20.3 Å². The highest BCUT2D eigenvalue weighted by Crippen LogP contribution is 2.33. The first-order chi connectivity index (χ1) is 15.7. The summed E-state index contributed by atoms with van der Waals surface area (Å²) in [5.74, 6) is -3.04. The van der Waals surface area contributed by atoms with Crippen molar-refractivity contribution < 1.29 is 29.0 Å². The summed E-state index contributed by atoms with van der Waals surface area (Å²) in [6.07, 6.45) is -0.0384. The Kier molecular flexibility index (Phi) is 5.93. The van der Waals surface area contributed by atoms with Crippen molar-refractivity contribution in [3.05, 3.63) is 27.8 Å². The van der Waals surface area contributed by atoms with Gasteiger partial charge in [-0.05, 0) is 26.5 Å². The average Bonchev–Trinajstić information content (AvgIpc) is 2.76. The summed E-state index contributed by atoms with van der Waals surface area (Å²) >= 11 is 0. The lowest BCUT2D eigenvalue weighted by molar-refractivity contribution is -0.132. The topological polar surface area (TPSA) is 134 Å². The zero-order valence-corrected chi connectivity index (χ0v) is 18.7. The number of aromatic nitrogens is 2. The van der Waals surface area contributed by atoms with Crippen molar-refractivity contribution in [2.75, 3.05) is 56.2 Å². The molecule has 33 heavy (non-hydrogen) atoms. The van der Waals surface area contributed by atoms with E-state index in [1.807, 2.05) is 7.05 Å². The van der Waals surface area contributed by atoms with Crippen LogP contribution in [0.15, 0.2) is 10.9 Å². The number of nitrogens with zero attached hydrogens (tertiary/aromatic N) is 5. The molecule has 1 amide bonds. The number of anilines is 2. The number of carbonyl (C=O) groups is 3. The maximum Gasteiger partial charge on any atom is 0.414 e. The first-order valence-corrected chi connectivity index (χ1v) is 10.6. The van der Waals surface area contributed by atoms with Crippen LogP contribution in [0.3, 0.4) is 0 Å². The number of fused-ring (bicyclic) bond motifs is 1. The number of amides is 1. The SMILES string of the molecule is CC(=O)Oc1c(C(=O)O)nc2c(N3CCCOC3=O)cc(N3CCN(C)CC3)c(C)n2c1=O. The van der Waals surface area contributed by atoms with Crippen LogP contribution in [0.5, 0.6) is 5.75 Å². The van der Waals surface area contributed by atoms with Gasteiger partial charge in [0.15, 0.2) is 11.3 Å². The van der Waals surface area contributed by atoms with Crippen molar-refractivity contribution >= 4 is 35.1 Å². The third-order valence-corrected chi connectivity index (χ3v) is 5.81. The Labute approximate surface area is 188 Å².